The Morgan fingerprint density at radius 3 is 2.28 bits per heavy atom. The number of rotatable bonds is 7. The Balaban J connectivity index is 2.55. The predicted molar refractivity (Wildman–Crippen MR) is 91.7 cm³/mol. The molecule has 1 aromatic carbocycles. The fraction of sp³-hybridized carbons (Fsp3) is 0.533. The van der Waals surface area contributed by atoms with Gasteiger partial charge in [-0.3, -0.25) is 4.99 Å². The van der Waals surface area contributed by atoms with Crippen molar-refractivity contribution in [2.45, 2.75) is 19.6 Å². The molecule has 6 nitrogen and oxygen atoms in total. The van der Waals surface area contributed by atoms with E-state index in [-0.39, 0.29) is 12.3 Å². The van der Waals surface area contributed by atoms with E-state index in [0.717, 1.165) is 12.1 Å². The Morgan fingerprint density at radius 2 is 1.80 bits per heavy atom. The van der Waals surface area contributed by atoms with Crippen LogP contribution >= 0.6 is 0 Å². The number of nitrogens with zero attached hydrogens (tertiary/aromatic N) is 2. The average Bonchev–Trinajstić information content (AvgIpc) is 2.54. The lowest BCUT2D eigenvalue weighted by Crippen LogP contribution is -2.42. The number of aliphatic imine (C=N–C) groups is 1. The number of sulfonamides is 1. The second-order valence-corrected chi connectivity index (χ2v) is 7.42. The van der Waals surface area contributed by atoms with Gasteiger partial charge in [-0.25, -0.2) is 13.1 Å². The van der Waals surface area contributed by atoms with Gasteiger partial charge in [0.15, 0.2) is 5.96 Å². The molecule has 0 fully saturated rings. The Hall–Kier alpha value is -1.81. The topological polar surface area (TPSA) is 73.8 Å². The molecule has 0 aromatic heterocycles. The third-order valence-corrected chi connectivity index (χ3v) is 4.79. The number of benzene rings is 1. The third-order valence-electron chi connectivity index (χ3n) is 3.38. The smallest absolute Gasteiger partial charge is 0.355 e. The minimum atomic E-state index is -4.35. The van der Waals surface area contributed by atoms with E-state index in [1.807, 2.05) is 0 Å². The number of halogens is 3. The van der Waals surface area contributed by atoms with Crippen LogP contribution in [0.4, 0.5) is 13.2 Å². The lowest BCUT2D eigenvalue weighted by atomic mass is 10.1. The molecule has 0 atom stereocenters. The summed E-state index contributed by atoms with van der Waals surface area (Å²) in [5.74, 6) is 0.519. The zero-order valence-electron chi connectivity index (χ0n) is 14.4. The van der Waals surface area contributed by atoms with Crippen molar-refractivity contribution < 1.29 is 21.6 Å². The van der Waals surface area contributed by atoms with Crippen LogP contribution in [0.2, 0.25) is 0 Å². The molecular weight excluding hydrogens is 357 g/mol. The summed E-state index contributed by atoms with van der Waals surface area (Å²) < 4.78 is 62.8. The van der Waals surface area contributed by atoms with Crippen LogP contribution in [-0.4, -0.2) is 52.2 Å². The SMILES string of the molecule is CCS(=O)(=O)NCCNC(=NC)N(C)Cc1ccc(C(F)(F)F)cc1. The molecule has 0 saturated heterocycles. The fourth-order valence-electron chi connectivity index (χ4n) is 2.02. The number of hydrogen-bond donors (Lipinski definition) is 2. The van der Waals surface area contributed by atoms with Gasteiger partial charge in [0.05, 0.1) is 11.3 Å². The van der Waals surface area contributed by atoms with Crippen molar-refractivity contribution in [1.82, 2.24) is 14.9 Å². The van der Waals surface area contributed by atoms with Gasteiger partial charge in [-0.15, -0.1) is 0 Å². The first-order valence-electron chi connectivity index (χ1n) is 7.64. The zero-order valence-corrected chi connectivity index (χ0v) is 15.2. The van der Waals surface area contributed by atoms with Gasteiger partial charge in [-0.2, -0.15) is 13.2 Å². The van der Waals surface area contributed by atoms with Gasteiger partial charge in [0.25, 0.3) is 0 Å². The molecule has 1 rings (SSSR count). The predicted octanol–water partition coefficient (Wildman–Crippen LogP) is 1.65. The van der Waals surface area contributed by atoms with Crippen molar-refractivity contribution in [2.75, 3.05) is 32.9 Å². The summed E-state index contributed by atoms with van der Waals surface area (Å²) in [5, 5.41) is 2.99. The van der Waals surface area contributed by atoms with Crippen LogP contribution in [0.15, 0.2) is 29.3 Å². The average molecular weight is 380 g/mol. The van der Waals surface area contributed by atoms with Crippen LogP contribution in [-0.2, 0) is 22.7 Å². The minimum Gasteiger partial charge on any atom is -0.355 e. The van der Waals surface area contributed by atoms with Gasteiger partial charge in [0.2, 0.25) is 10.0 Å². The van der Waals surface area contributed by atoms with Crippen LogP contribution < -0.4 is 10.0 Å². The molecule has 0 heterocycles. The highest BCUT2D eigenvalue weighted by atomic mass is 32.2. The summed E-state index contributed by atoms with van der Waals surface area (Å²) in [6.07, 6.45) is -4.35. The van der Waals surface area contributed by atoms with E-state index in [1.165, 1.54) is 12.1 Å². The normalized spacial score (nSPS) is 13.0. The first-order chi connectivity index (χ1) is 11.6. The molecule has 0 saturated carbocycles. The molecule has 0 spiro atoms. The molecule has 0 amide bonds. The molecule has 0 radical (unpaired) electrons. The lowest BCUT2D eigenvalue weighted by molar-refractivity contribution is -0.137. The van der Waals surface area contributed by atoms with Crippen LogP contribution in [0.5, 0.6) is 0 Å². The maximum atomic E-state index is 12.6. The molecule has 0 aliphatic carbocycles. The van der Waals surface area contributed by atoms with Crippen LogP contribution in [0.3, 0.4) is 0 Å². The molecule has 0 unspecified atom stereocenters. The third kappa shape index (κ3) is 7.30. The Bertz CT molecular complexity index is 673. The van der Waals surface area contributed by atoms with Crippen molar-refractivity contribution in [3.05, 3.63) is 35.4 Å². The first-order valence-corrected chi connectivity index (χ1v) is 9.29. The lowest BCUT2D eigenvalue weighted by Gasteiger charge is -2.22. The maximum Gasteiger partial charge on any atom is 0.416 e. The quantitative estimate of drug-likeness (QED) is 0.429. The van der Waals surface area contributed by atoms with Crippen molar-refractivity contribution in [1.29, 1.82) is 0 Å². The number of nitrogens with one attached hydrogen (secondary N) is 2. The van der Waals surface area contributed by atoms with E-state index < -0.39 is 21.8 Å². The number of guanidine groups is 1. The Labute approximate surface area is 146 Å². The highest BCUT2D eigenvalue weighted by Crippen LogP contribution is 2.29. The van der Waals surface area contributed by atoms with Gasteiger partial charge < -0.3 is 10.2 Å². The van der Waals surface area contributed by atoms with E-state index in [4.69, 9.17) is 0 Å². The van der Waals surface area contributed by atoms with Gasteiger partial charge in [-0.05, 0) is 24.6 Å². The molecule has 142 valence electrons. The molecule has 0 aliphatic rings. The van der Waals surface area contributed by atoms with Gasteiger partial charge in [-0.1, -0.05) is 12.1 Å². The minimum absolute atomic E-state index is 0.00947. The molecule has 0 aliphatic heterocycles. The molecule has 25 heavy (non-hydrogen) atoms. The summed E-state index contributed by atoms with van der Waals surface area (Å²) >= 11 is 0. The summed E-state index contributed by atoms with van der Waals surface area (Å²) in [6, 6.07) is 4.92. The van der Waals surface area contributed by atoms with Crippen molar-refractivity contribution in [3.8, 4) is 0 Å². The van der Waals surface area contributed by atoms with Crippen molar-refractivity contribution in [3.63, 3.8) is 0 Å². The molecule has 0 bridgehead atoms. The molecule has 2 N–H and O–H groups in total. The standard InChI is InChI=1S/C15H23F3N4O2S/c1-4-25(23,24)21-10-9-20-14(19-2)22(3)11-12-5-7-13(8-6-12)15(16,17)18/h5-8,21H,4,9-11H2,1-3H3,(H,19,20). The summed E-state index contributed by atoms with van der Waals surface area (Å²) in [6.45, 7) is 2.46. The van der Waals surface area contributed by atoms with Gasteiger partial charge in [0.1, 0.15) is 0 Å². The van der Waals surface area contributed by atoms with Crippen LogP contribution in [0.1, 0.15) is 18.1 Å². The molecule has 1 aromatic rings. The van der Waals surface area contributed by atoms with E-state index >= 15 is 0 Å². The monoisotopic (exact) mass is 380 g/mol. The Morgan fingerprint density at radius 1 is 1.20 bits per heavy atom. The largest absolute Gasteiger partial charge is 0.416 e. The van der Waals surface area contributed by atoms with Crippen LogP contribution in [0.25, 0.3) is 0 Å². The fourth-order valence-corrected chi connectivity index (χ4v) is 2.63. The van der Waals surface area contributed by atoms with Gasteiger partial charge >= 0.3 is 6.18 Å². The maximum absolute atomic E-state index is 12.6. The summed E-state index contributed by atoms with van der Waals surface area (Å²) in [4.78, 5) is 5.80. The van der Waals surface area contributed by atoms with Crippen LogP contribution in [0, 0.1) is 0 Å². The van der Waals surface area contributed by atoms with E-state index in [0.29, 0.717) is 24.6 Å². The molecule has 10 heteroatoms. The highest BCUT2D eigenvalue weighted by molar-refractivity contribution is 7.89. The number of hydrogen-bond acceptors (Lipinski definition) is 3. The van der Waals surface area contributed by atoms with E-state index in [2.05, 4.69) is 15.0 Å². The van der Waals surface area contributed by atoms with E-state index in [1.54, 1.807) is 25.9 Å². The second-order valence-electron chi connectivity index (χ2n) is 5.32. The molecular formula is C15H23F3N4O2S. The van der Waals surface area contributed by atoms with E-state index in [9.17, 15) is 21.6 Å². The van der Waals surface area contributed by atoms with Crippen molar-refractivity contribution in [2.24, 2.45) is 4.99 Å². The highest BCUT2D eigenvalue weighted by Gasteiger charge is 2.29. The first kappa shape index (κ1) is 21.2. The summed E-state index contributed by atoms with van der Waals surface area (Å²) in [7, 11) is 0.0660. The Kier molecular flexibility index (Phi) is 7.68. The van der Waals surface area contributed by atoms with Gasteiger partial charge in [0, 0.05) is 33.7 Å². The second kappa shape index (κ2) is 9.04. The summed E-state index contributed by atoms with van der Waals surface area (Å²) in [5.41, 5.74) is 0.00903. The number of alkyl halides is 3. The zero-order chi connectivity index (χ0) is 19.1. The van der Waals surface area contributed by atoms with Crippen molar-refractivity contribution >= 4 is 16.0 Å².